The fraction of sp³-hybridized carbons (Fsp3) is 0.417. The monoisotopic (exact) mass is 260 g/mol. The van der Waals surface area contributed by atoms with Crippen molar-refractivity contribution in [2.24, 2.45) is 0 Å². The molecule has 3 heterocycles. The molecule has 0 aromatic carbocycles. The molecular formula is C12H12N4O3. The van der Waals surface area contributed by atoms with Gasteiger partial charge in [0.25, 0.3) is 5.91 Å². The van der Waals surface area contributed by atoms with Crippen LogP contribution < -0.4 is 5.32 Å². The molecule has 3 rings (SSSR count). The molecule has 19 heavy (non-hydrogen) atoms. The summed E-state index contributed by atoms with van der Waals surface area (Å²) in [4.78, 5) is 44.7. The number of carbonyl (C=O) groups excluding carboxylic acids is 3. The number of fused-ring (bicyclic) bond motifs is 1. The Balaban J connectivity index is 1.86. The highest BCUT2D eigenvalue weighted by molar-refractivity contribution is 6.04. The molecule has 0 aliphatic carbocycles. The molecule has 98 valence electrons. The van der Waals surface area contributed by atoms with E-state index in [9.17, 15) is 14.4 Å². The standard InChI is InChI=1S/C12H12N4O3/c17-10-2-1-9(11(18)15-10)16-4-3-8-7(12(16)19)5-13-6-14-8/h5-6,9H,1-4H2,(H,15,17,18). The van der Waals surface area contributed by atoms with Gasteiger partial charge in [0.15, 0.2) is 0 Å². The normalized spacial score (nSPS) is 23.1. The van der Waals surface area contributed by atoms with Gasteiger partial charge in [-0.15, -0.1) is 0 Å². The maximum atomic E-state index is 12.3. The highest BCUT2D eigenvalue weighted by atomic mass is 16.2. The summed E-state index contributed by atoms with van der Waals surface area (Å²) in [5, 5.41) is 2.27. The van der Waals surface area contributed by atoms with E-state index >= 15 is 0 Å². The fourth-order valence-electron chi connectivity index (χ4n) is 2.49. The first kappa shape index (κ1) is 11.8. The minimum Gasteiger partial charge on any atom is -0.326 e. The van der Waals surface area contributed by atoms with E-state index in [0.29, 0.717) is 30.6 Å². The summed E-state index contributed by atoms with van der Waals surface area (Å²) < 4.78 is 0. The summed E-state index contributed by atoms with van der Waals surface area (Å²) in [7, 11) is 0. The molecule has 7 heteroatoms. The number of imide groups is 1. The summed E-state index contributed by atoms with van der Waals surface area (Å²) in [6.45, 7) is 0.440. The second-order valence-corrected chi connectivity index (χ2v) is 4.60. The number of hydrogen-bond donors (Lipinski definition) is 1. The molecule has 0 saturated carbocycles. The van der Waals surface area contributed by atoms with Crippen molar-refractivity contribution in [3.05, 3.63) is 23.8 Å². The number of hydrogen-bond acceptors (Lipinski definition) is 5. The van der Waals surface area contributed by atoms with Crippen LogP contribution in [0.4, 0.5) is 0 Å². The minimum absolute atomic E-state index is 0.239. The SMILES string of the molecule is O=C1CCC(N2CCc3ncncc3C2=O)C(=O)N1. The van der Waals surface area contributed by atoms with E-state index in [1.807, 2.05) is 0 Å². The number of aromatic nitrogens is 2. The van der Waals surface area contributed by atoms with E-state index in [2.05, 4.69) is 15.3 Å². The van der Waals surface area contributed by atoms with Crippen molar-refractivity contribution in [3.63, 3.8) is 0 Å². The second-order valence-electron chi connectivity index (χ2n) is 4.60. The Morgan fingerprint density at radius 3 is 2.89 bits per heavy atom. The van der Waals surface area contributed by atoms with Gasteiger partial charge < -0.3 is 4.90 Å². The number of rotatable bonds is 1. The summed E-state index contributed by atoms with van der Waals surface area (Å²) >= 11 is 0. The van der Waals surface area contributed by atoms with Crippen molar-refractivity contribution in [2.75, 3.05) is 6.54 Å². The number of nitrogens with one attached hydrogen (secondary N) is 1. The second kappa shape index (κ2) is 4.42. The molecule has 1 fully saturated rings. The predicted octanol–water partition coefficient (Wildman–Crippen LogP) is -0.720. The molecule has 1 saturated heterocycles. The van der Waals surface area contributed by atoms with E-state index in [1.54, 1.807) is 0 Å². The van der Waals surface area contributed by atoms with Crippen molar-refractivity contribution in [2.45, 2.75) is 25.3 Å². The van der Waals surface area contributed by atoms with Gasteiger partial charge in [0.2, 0.25) is 11.8 Å². The Morgan fingerprint density at radius 2 is 2.11 bits per heavy atom. The quantitative estimate of drug-likeness (QED) is 0.673. The minimum atomic E-state index is -0.571. The van der Waals surface area contributed by atoms with E-state index in [4.69, 9.17) is 0 Å². The summed E-state index contributed by atoms with van der Waals surface area (Å²) in [6.07, 6.45) is 4.12. The van der Waals surface area contributed by atoms with Crippen LogP contribution in [0.15, 0.2) is 12.5 Å². The van der Waals surface area contributed by atoms with Crippen molar-refractivity contribution in [1.82, 2.24) is 20.2 Å². The van der Waals surface area contributed by atoms with Gasteiger partial charge in [0.05, 0.1) is 11.3 Å². The molecule has 3 amide bonds. The van der Waals surface area contributed by atoms with Gasteiger partial charge >= 0.3 is 0 Å². The molecule has 2 aliphatic heterocycles. The van der Waals surface area contributed by atoms with Crippen molar-refractivity contribution >= 4 is 17.7 Å². The lowest BCUT2D eigenvalue weighted by atomic mass is 9.99. The zero-order chi connectivity index (χ0) is 13.4. The first-order valence-electron chi connectivity index (χ1n) is 6.10. The van der Waals surface area contributed by atoms with Crippen molar-refractivity contribution < 1.29 is 14.4 Å². The lowest BCUT2D eigenvalue weighted by Crippen LogP contribution is -2.56. The van der Waals surface area contributed by atoms with Gasteiger partial charge in [-0.2, -0.15) is 0 Å². The van der Waals surface area contributed by atoms with Crippen molar-refractivity contribution in [1.29, 1.82) is 0 Å². The summed E-state index contributed by atoms with van der Waals surface area (Å²) in [6, 6.07) is -0.571. The Morgan fingerprint density at radius 1 is 1.26 bits per heavy atom. The molecule has 1 atom stereocenters. The molecule has 2 aliphatic rings. The molecule has 7 nitrogen and oxygen atoms in total. The molecule has 0 spiro atoms. The van der Waals surface area contributed by atoms with Crippen LogP contribution in [-0.4, -0.2) is 45.2 Å². The topological polar surface area (TPSA) is 92.3 Å². The third-order valence-electron chi connectivity index (χ3n) is 3.46. The predicted molar refractivity (Wildman–Crippen MR) is 62.9 cm³/mol. The Labute approximate surface area is 109 Å². The lowest BCUT2D eigenvalue weighted by molar-refractivity contribution is -0.136. The smallest absolute Gasteiger partial charge is 0.257 e. The maximum Gasteiger partial charge on any atom is 0.257 e. The molecule has 1 N–H and O–H groups in total. The number of carbonyl (C=O) groups is 3. The van der Waals surface area contributed by atoms with Gasteiger partial charge in [-0.25, -0.2) is 9.97 Å². The van der Waals surface area contributed by atoms with E-state index in [1.165, 1.54) is 17.4 Å². The largest absolute Gasteiger partial charge is 0.326 e. The van der Waals surface area contributed by atoms with Gasteiger partial charge in [-0.05, 0) is 6.42 Å². The highest BCUT2D eigenvalue weighted by Crippen LogP contribution is 2.21. The van der Waals surface area contributed by atoms with E-state index < -0.39 is 11.9 Å². The van der Waals surface area contributed by atoms with Gasteiger partial charge in [0.1, 0.15) is 12.4 Å². The molecule has 0 bridgehead atoms. The van der Waals surface area contributed by atoms with Crippen LogP contribution in [0.3, 0.4) is 0 Å². The van der Waals surface area contributed by atoms with E-state index in [-0.39, 0.29) is 18.2 Å². The van der Waals surface area contributed by atoms with E-state index in [0.717, 1.165) is 0 Å². The first-order chi connectivity index (χ1) is 9.16. The molecule has 1 unspecified atom stereocenters. The Kier molecular flexibility index (Phi) is 2.73. The van der Waals surface area contributed by atoms with Gasteiger partial charge in [0, 0.05) is 25.6 Å². The Bertz CT molecular complexity index is 572. The average Bonchev–Trinajstić information content (AvgIpc) is 2.41. The molecule has 0 radical (unpaired) electrons. The third kappa shape index (κ3) is 1.96. The van der Waals surface area contributed by atoms with Crippen molar-refractivity contribution in [3.8, 4) is 0 Å². The summed E-state index contributed by atoms with van der Waals surface area (Å²) in [5.41, 5.74) is 1.15. The van der Waals surface area contributed by atoms with Crippen LogP contribution >= 0.6 is 0 Å². The lowest BCUT2D eigenvalue weighted by Gasteiger charge is -2.35. The highest BCUT2D eigenvalue weighted by Gasteiger charge is 2.37. The number of nitrogens with zero attached hydrogens (tertiary/aromatic N) is 3. The molecule has 1 aromatic rings. The van der Waals surface area contributed by atoms with Gasteiger partial charge in [-0.1, -0.05) is 0 Å². The third-order valence-corrected chi connectivity index (χ3v) is 3.46. The first-order valence-corrected chi connectivity index (χ1v) is 6.10. The van der Waals surface area contributed by atoms with Crippen LogP contribution in [0.2, 0.25) is 0 Å². The molecular weight excluding hydrogens is 248 g/mol. The van der Waals surface area contributed by atoms with Gasteiger partial charge in [-0.3, -0.25) is 19.7 Å². The maximum absolute atomic E-state index is 12.3. The Hall–Kier alpha value is -2.31. The number of piperidine rings is 1. The van der Waals surface area contributed by atoms with Crippen LogP contribution in [-0.2, 0) is 16.0 Å². The van der Waals surface area contributed by atoms with Crippen LogP contribution in [0.1, 0.15) is 28.9 Å². The molecule has 1 aromatic heterocycles. The summed E-state index contributed by atoms with van der Waals surface area (Å²) in [5.74, 6) is -0.921. The average molecular weight is 260 g/mol. The zero-order valence-corrected chi connectivity index (χ0v) is 10.1. The van der Waals surface area contributed by atoms with Crippen LogP contribution in [0.25, 0.3) is 0 Å². The van der Waals surface area contributed by atoms with Crippen LogP contribution in [0.5, 0.6) is 0 Å². The fourth-order valence-corrected chi connectivity index (χ4v) is 2.49. The number of amides is 3. The van der Waals surface area contributed by atoms with Crippen LogP contribution in [0, 0.1) is 0 Å². The zero-order valence-electron chi connectivity index (χ0n) is 10.1.